The fourth-order valence-electron chi connectivity index (χ4n) is 1.93. The van der Waals surface area contributed by atoms with Crippen LogP contribution in [0.5, 0.6) is 0 Å². The summed E-state index contributed by atoms with van der Waals surface area (Å²) in [4.78, 5) is 23.5. The van der Waals surface area contributed by atoms with E-state index in [2.05, 4.69) is 0 Å². The van der Waals surface area contributed by atoms with Gasteiger partial charge >= 0.3 is 5.97 Å². The van der Waals surface area contributed by atoms with E-state index in [1.54, 1.807) is 0 Å². The van der Waals surface area contributed by atoms with E-state index in [1.807, 2.05) is 6.92 Å². The Hall–Kier alpha value is -1.11. The molecule has 1 fully saturated rings. The zero-order valence-corrected chi connectivity index (χ0v) is 10.6. The molecule has 1 rings (SSSR count). The molecule has 0 aromatic carbocycles. The molecule has 0 aliphatic carbocycles. The second kappa shape index (κ2) is 5.48. The highest BCUT2D eigenvalue weighted by molar-refractivity contribution is 7.92. The monoisotopic (exact) mass is 263 g/mol. The quantitative estimate of drug-likeness (QED) is 0.754. The van der Waals surface area contributed by atoms with Crippen molar-refractivity contribution < 1.29 is 23.1 Å². The van der Waals surface area contributed by atoms with Gasteiger partial charge in [-0.05, 0) is 18.8 Å². The molecule has 0 bridgehead atoms. The molecule has 1 N–H and O–H groups in total. The third-order valence-corrected chi connectivity index (χ3v) is 4.07. The maximum absolute atomic E-state index is 11.7. The van der Waals surface area contributed by atoms with E-state index in [1.165, 1.54) is 4.90 Å². The van der Waals surface area contributed by atoms with Crippen molar-refractivity contribution in [2.24, 2.45) is 5.92 Å². The van der Waals surface area contributed by atoms with Crippen molar-refractivity contribution in [2.45, 2.75) is 19.8 Å². The molecule has 1 saturated heterocycles. The van der Waals surface area contributed by atoms with E-state index in [4.69, 9.17) is 5.11 Å². The molecular weight excluding hydrogens is 246 g/mol. The number of nitrogens with zero attached hydrogens (tertiary/aromatic N) is 1. The highest BCUT2D eigenvalue weighted by atomic mass is 32.2. The van der Waals surface area contributed by atoms with Crippen LogP contribution < -0.4 is 0 Å². The van der Waals surface area contributed by atoms with Crippen LogP contribution in [0.2, 0.25) is 0 Å². The van der Waals surface area contributed by atoms with E-state index in [0.29, 0.717) is 19.0 Å². The molecule has 0 radical (unpaired) electrons. The van der Waals surface area contributed by atoms with Crippen molar-refractivity contribution in [3.05, 3.63) is 0 Å². The van der Waals surface area contributed by atoms with Crippen LogP contribution >= 0.6 is 0 Å². The number of carbonyl (C=O) groups is 2. The average molecular weight is 263 g/mol. The highest BCUT2D eigenvalue weighted by Gasteiger charge is 2.26. The molecule has 6 nitrogen and oxygen atoms in total. The molecule has 7 heteroatoms. The lowest BCUT2D eigenvalue weighted by Gasteiger charge is -2.30. The van der Waals surface area contributed by atoms with Crippen molar-refractivity contribution >= 4 is 21.7 Å². The van der Waals surface area contributed by atoms with Gasteiger partial charge in [0.1, 0.15) is 11.5 Å². The van der Waals surface area contributed by atoms with Crippen molar-refractivity contribution in [3.63, 3.8) is 0 Å². The van der Waals surface area contributed by atoms with Gasteiger partial charge in [-0.1, -0.05) is 6.92 Å². The number of likely N-dealkylation sites (tertiary alicyclic amines) is 1. The van der Waals surface area contributed by atoms with Crippen LogP contribution in [0, 0.1) is 5.92 Å². The lowest BCUT2D eigenvalue weighted by Crippen LogP contribution is -2.42. The number of carbonyl (C=O) groups excluding carboxylic acids is 1. The molecule has 1 atom stereocenters. The smallest absolute Gasteiger partial charge is 0.318 e. The van der Waals surface area contributed by atoms with Gasteiger partial charge in [-0.15, -0.1) is 0 Å². The SMILES string of the molecule is C[C@@H]1CCCN(C(=O)CS(=O)(=O)CC(=O)O)C1. The number of carboxylic acids is 1. The highest BCUT2D eigenvalue weighted by Crippen LogP contribution is 2.15. The van der Waals surface area contributed by atoms with E-state index >= 15 is 0 Å². The maximum Gasteiger partial charge on any atom is 0.318 e. The Morgan fingerprint density at radius 2 is 2.00 bits per heavy atom. The first kappa shape index (κ1) is 14.0. The molecule has 1 aliphatic heterocycles. The molecule has 0 spiro atoms. The van der Waals surface area contributed by atoms with Gasteiger partial charge in [0.25, 0.3) is 0 Å². The Morgan fingerprint density at radius 3 is 2.53 bits per heavy atom. The van der Waals surface area contributed by atoms with E-state index in [-0.39, 0.29) is 0 Å². The second-order valence-electron chi connectivity index (χ2n) is 4.51. The summed E-state index contributed by atoms with van der Waals surface area (Å²) in [5.74, 6) is -3.23. The summed E-state index contributed by atoms with van der Waals surface area (Å²) in [6.07, 6.45) is 1.90. The number of carboxylic acid groups (broad SMARTS) is 1. The number of piperidine rings is 1. The number of amides is 1. The minimum absolute atomic E-state index is 0.370. The first-order valence-electron chi connectivity index (χ1n) is 5.50. The number of sulfone groups is 1. The summed E-state index contributed by atoms with van der Waals surface area (Å²) in [5.41, 5.74) is 0. The molecular formula is C10H17NO5S. The van der Waals surface area contributed by atoms with Gasteiger partial charge < -0.3 is 10.0 Å². The van der Waals surface area contributed by atoms with E-state index < -0.39 is 33.2 Å². The Balaban J connectivity index is 2.56. The maximum atomic E-state index is 11.7. The van der Waals surface area contributed by atoms with Gasteiger partial charge in [-0.2, -0.15) is 0 Å². The Morgan fingerprint density at radius 1 is 1.35 bits per heavy atom. The normalized spacial score (nSPS) is 21.2. The summed E-state index contributed by atoms with van der Waals surface area (Å²) in [6, 6.07) is 0. The van der Waals surface area contributed by atoms with Crippen LogP contribution in [-0.4, -0.2) is 54.9 Å². The first-order valence-corrected chi connectivity index (χ1v) is 7.32. The molecule has 1 amide bonds. The van der Waals surface area contributed by atoms with Crippen molar-refractivity contribution in [1.82, 2.24) is 4.90 Å². The van der Waals surface area contributed by atoms with Crippen LogP contribution in [0.25, 0.3) is 0 Å². The zero-order chi connectivity index (χ0) is 13.1. The topological polar surface area (TPSA) is 91.8 Å². The molecule has 98 valence electrons. The molecule has 1 aliphatic rings. The minimum atomic E-state index is -3.84. The summed E-state index contributed by atoms with van der Waals surface area (Å²) in [5, 5.41) is 8.41. The third-order valence-electron chi connectivity index (χ3n) is 2.70. The van der Waals surface area contributed by atoms with Gasteiger partial charge in [0.15, 0.2) is 9.84 Å². The average Bonchev–Trinajstić information content (AvgIpc) is 2.14. The molecule has 1 heterocycles. The number of hydrogen-bond donors (Lipinski definition) is 1. The molecule has 0 aromatic heterocycles. The predicted octanol–water partition coefficient (Wildman–Crippen LogP) is -0.256. The lowest BCUT2D eigenvalue weighted by molar-refractivity contribution is -0.134. The molecule has 0 unspecified atom stereocenters. The van der Waals surface area contributed by atoms with Crippen LogP contribution in [0.15, 0.2) is 0 Å². The van der Waals surface area contributed by atoms with Gasteiger partial charge in [0, 0.05) is 13.1 Å². The standard InChI is InChI=1S/C10H17NO5S/c1-8-3-2-4-11(5-8)9(12)6-17(15,16)7-10(13)14/h8H,2-7H2,1H3,(H,13,14)/t8-/m1/s1. The predicted molar refractivity (Wildman–Crippen MR) is 61.3 cm³/mol. The van der Waals surface area contributed by atoms with Crippen molar-refractivity contribution in [2.75, 3.05) is 24.6 Å². The Labute approximate surface area is 101 Å². The van der Waals surface area contributed by atoms with Crippen LogP contribution in [0.4, 0.5) is 0 Å². The third kappa shape index (κ3) is 4.72. The second-order valence-corrected chi connectivity index (χ2v) is 6.58. The Bertz CT molecular complexity index is 403. The van der Waals surface area contributed by atoms with Crippen molar-refractivity contribution in [1.29, 1.82) is 0 Å². The Kier molecular flexibility index (Phi) is 4.50. The fourth-order valence-corrected chi connectivity index (χ4v) is 2.97. The number of rotatable bonds is 4. The summed E-state index contributed by atoms with van der Waals surface area (Å²) in [7, 11) is -3.84. The summed E-state index contributed by atoms with van der Waals surface area (Å²) >= 11 is 0. The minimum Gasteiger partial charge on any atom is -0.480 e. The van der Waals surface area contributed by atoms with E-state index in [0.717, 1.165) is 12.8 Å². The van der Waals surface area contributed by atoms with Crippen LogP contribution in [0.3, 0.4) is 0 Å². The fraction of sp³-hybridized carbons (Fsp3) is 0.800. The van der Waals surface area contributed by atoms with Gasteiger partial charge in [-0.3, -0.25) is 9.59 Å². The van der Waals surface area contributed by atoms with Gasteiger partial charge in [-0.25, -0.2) is 8.42 Å². The van der Waals surface area contributed by atoms with Crippen molar-refractivity contribution in [3.8, 4) is 0 Å². The first-order chi connectivity index (χ1) is 7.80. The van der Waals surface area contributed by atoms with Crippen LogP contribution in [0.1, 0.15) is 19.8 Å². The molecule has 0 aromatic rings. The number of aliphatic carboxylic acids is 1. The van der Waals surface area contributed by atoms with E-state index in [9.17, 15) is 18.0 Å². The van der Waals surface area contributed by atoms with Gasteiger partial charge in [0.05, 0.1) is 0 Å². The molecule has 0 saturated carbocycles. The largest absolute Gasteiger partial charge is 0.480 e. The lowest BCUT2D eigenvalue weighted by atomic mass is 10.0. The zero-order valence-electron chi connectivity index (χ0n) is 9.76. The summed E-state index contributed by atoms with van der Waals surface area (Å²) in [6.45, 7) is 3.12. The van der Waals surface area contributed by atoms with Gasteiger partial charge in [0.2, 0.25) is 5.91 Å². The molecule has 17 heavy (non-hydrogen) atoms. The summed E-state index contributed by atoms with van der Waals surface area (Å²) < 4.78 is 22.7. The van der Waals surface area contributed by atoms with Crippen LogP contribution in [-0.2, 0) is 19.4 Å². The number of hydrogen-bond acceptors (Lipinski definition) is 4.